The van der Waals surface area contributed by atoms with Crippen LogP contribution in [0.15, 0.2) is 25.1 Å². The second-order valence-electron chi connectivity index (χ2n) is 2.26. The molecule has 56 valence electrons. The Morgan fingerprint density at radius 1 is 1.70 bits per heavy atom. The summed E-state index contributed by atoms with van der Waals surface area (Å²) in [6.07, 6.45) is 5.74. The van der Waals surface area contributed by atoms with Crippen molar-refractivity contribution in [3.05, 3.63) is 25.1 Å². The standard InChI is InChI=1S/C7H11ClN2/c1-3-4-10-6-5-9(2)7(10)8/h3,5-7H,1,4H2,2H3. The Morgan fingerprint density at radius 2 is 2.40 bits per heavy atom. The maximum absolute atomic E-state index is 5.95. The highest BCUT2D eigenvalue weighted by atomic mass is 35.5. The molecule has 0 fully saturated rings. The van der Waals surface area contributed by atoms with Gasteiger partial charge in [0.2, 0.25) is 0 Å². The van der Waals surface area contributed by atoms with Crippen LogP contribution in [0.3, 0.4) is 0 Å². The lowest BCUT2D eigenvalue weighted by Gasteiger charge is -2.23. The Hall–Kier alpha value is -0.630. The summed E-state index contributed by atoms with van der Waals surface area (Å²) in [7, 11) is 1.94. The van der Waals surface area contributed by atoms with Gasteiger partial charge in [-0.15, -0.1) is 6.58 Å². The first-order chi connectivity index (χ1) is 4.75. The zero-order valence-electron chi connectivity index (χ0n) is 6.00. The molecule has 0 aromatic carbocycles. The third-order valence-corrected chi connectivity index (χ3v) is 2.00. The molecule has 3 heteroatoms. The topological polar surface area (TPSA) is 6.48 Å². The van der Waals surface area contributed by atoms with E-state index in [0.717, 1.165) is 6.54 Å². The lowest BCUT2D eigenvalue weighted by atomic mass is 10.6. The number of hydrogen-bond donors (Lipinski definition) is 0. The number of hydrogen-bond acceptors (Lipinski definition) is 2. The van der Waals surface area contributed by atoms with Gasteiger partial charge < -0.3 is 9.80 Å². The van der Waals surface area contributed by atoms with Crippen LogP contribution < -0.4 is 0 Å². The molecule has 0 saturated carbocycles. The molecule has 0 amide bonds. The summed E-state index contributed by atoms with van der Waals surface area (Å²) >= 11 is 5.95. The fourth-order valence-electron chi connectivity index (χ4n) is 0.864. The van der Waals surface area contributed by atoms with Crippen molar-refractivity contribution in [2.75, 3.05) is 13.6 Å². The molecule has 10 heavy (non-hydrogen) atoms. The summed E-state index contributed by atoms with van der Waals surface area (Å²) in [5.74, 6) is 0. The first-order valence-electron chi connectivity index (χ1n) is 3.16. The molecule has 1 aliphatic heterocycles. The zero-order valence-corrected chi connectivity index (χ0v) is 6.75. The SMILES string of the molecule is C=CCN1C=CN(C)C1Cl. The van der Waals surface area contributed by atoms with Gasteiger partial charge in [-0.2, -0.15) is 0 Å². The maximum Gasteiger partial charge on any atom is 0.179 e. The zero-order chi connectivity index (χ0) is 7.56. The normalized spacial score (nSPS) is 24.0. The molecule has 1 atom stereocenters. The molecule has 1 rings (SSSR count). The maximum atomic E-state index is 5.95. The van der Waals surface area contributed by atoms with Crippen molar-refractivity contribution < 1.29 is 0 Å². The van der Waals surface area contributed by atoms with Gasteiger partial charge in [-0.05, 0) is 0 Å². The van der Waals surface area contributed by atoms with Crippen LogP contribution in [0.5, 0.6) is 0 Å². The van der Waals surface area contributed by atoms with Crippen LogP contribution in [-0.2, 0) is 0 Å². The third-order valence-electron chi connectivity index (χ3n) is 1.44. The first-order valence-corrected chi connectivity index (χ1v) is 3.60. The Kier molecular flexibility index (Phi) is 2.22. The van der Waals surface area contributed by atoms with Gasteiger partial charge in [0.05, 0.1) is 0 Å². The lowest BCUT2D eigenvalue weighted by Crippen LogP contribution is -2.31. The minimum Gasteiger partial charge on any atom is -0.347 e. The van der Waals surface area contributed by atoms with Crippen molar-refractivity contribution >= 4 is 11.6 Å². The number of alkyl halides is 1. The molecule has 0 N–H and O–H groups in total. The molecule has 0 aromatic heterocycles. The minimum atomic E-state index is -0.0435. The van der Waals surface area contributed by atoms with Crippen molar-refractivity contribution in [2.45, 2.75) is 5.62 Å². The van der Waals surface area contributed by atoms with Crippen LogP contribution in [-0.4, -0.2) is 29.0 Å². The van der Waals surface area contributed by atoms with Gasteiger partial charge in [0.25, 0.3) is 0 Å². The molecule has 1 unspecified atom stereocenters. The third kappa shape index (κ3) is 1.27. The molecular weight excluding hydrogens is 148 g/mol. The predicted octanol–water partition coefficient (Wildman–Crippen LogP) is 1.41. The van der Waals surface area contributed by atoms with E-state index in [0.29, 0.717) is 0 Å². The highest BCUT2D eigenvalue weighted by molar-refractivity contribution is 6.20. The number of halogens is 1. The minimum absolute atomic E-state index is 0.0435. The second kappa shape index (κ2) is 2.97. The molecule has 0 bridgehead atoms. The first kappa shape index (κ1) is 7.48. The number of rotatable bonds is 2. The van der Waals surface area contributed by atoms with E-state index in [-0.39, 0.29) is 5.62 Å². The molecule has 2 nitrogen and oxygen atoms in total. The summed E-state index contributed by atoms with van der Waals surface area (Å²) in [6.45, 7) is 4.43. The summed E-state index contributed by atoms with van der Waals surface area (Å²) in [5, 5.41) is 0. The molecule has 0 aromatic rings. The van der Waals surface area contributed by atoms with Gasteiger partial charge in [0.15, 0.2) is 5.62 Å². The van der Waals surface area contributed by atoms with Crippen molar-refractivity contribution in [1.82, 2.24) is 9.80 Å². The smallest absolute Gasteiger partial charge is 0.179 e. The van der Waals surface area contributed by atoms with Crippen LogP contribution in [0.2, 0.25) is 0 Å². The van der Waals surface area contributed by atoms with Crippen LogP contribution in [0.25, 0.3) is 0 Å². The average Bonchev–Trinajstić information content (AvgIpc) is 2.20. The van der Waals surface area contributed by atoms with Gasteiger partial charge in [0, 0.05) is 26.0 Å². The number of nitrogens with zero attached hydrogens (tertiary/aromatic N) is 2. The Bertz CT molecular complexity index is 156. The Morgan fingerprint density at radius 3 is 2.80 bits per heavy atom. The van der Waals surface area contributed by atoms with E-state index >= 15 is 0 Å². The molecule has 0 aliphatic carbocycles. The van der Waals surface area contributed by atoms with Crippen LogP contribution in [0.1, 0.15) is 0 Å². The van der Waals surface area contributed by atoms with Gasteiger partial charge in [-0.1, -0.05) is 17.7 Å². The van der Waals surface area contributed by atoms with Crippen molar-refractivity contribution in [1.29, 1.82) is 0 Å². The van der Waals surface area contributed by atoms with E-state index in [9.17, 15) is 0 Å². The van der Waals surface area contributed by atoms with E-state index < -0.39 is 0 Å². The predicted molar refractivity (Wildman–Crippen MR) is 43.4 cm³/mol. The quantitative estimate of drug-likeness (QED) is 0.341. The lowest BCUT2D eigenvalue weighted by molar-refractivity contribution is 0.274. The molecule has 1 aliphatic rings. The summed E-state index contributed by atoms with van der Waals surface area (Å²) in [5.41, 5.74) is -0.0435. The van der Waals surface area contributed by atoms with E-state index in [4.69, 9.17) is 11.6 Å². The van der Waals surface area contributed by atoms with Crippen LogP contribution >= 0.6 is 11.6 Å². The summed E-state index contributed by atoms with van der Waals surface area (Å²) in [4.78, 5) is 3.93. The Labute approximate surface area is 66.4 Å². The van der Waals surface area contributed by atoms with Gasteiger partial charge in [0.1, 0.15) is 0 Å². The van der Waals surface area contributed by atoms with Gasteiger partial charge in [-0.3, -0.25) is 0 Å². The van der Waals surface area contributed by atoms with Crippen molar-refractivity contribution in [3.8, 4) is 0 Å². The molecular formula is C7H11ClN2. The van der Waals surface area contributed by atoms with Crippen LogP contribution in [0.4, 0.5) is 0 Å². The van der Waals surface area contributed by atoms with Crippen molar-refractivity contribution in [2.24, 2.45) is 0 Å². The van der Waals surface area contributed by atoms with Crippen LogP contribution in [0, 0.1) is 0 Å². The fourth-order valence-corrected chi connectivity index (χ4v) is 1.07. The average molecular weight is 159 g/mol. The van der Waals surface area contributed by atoms with Crippen molar-refractivity contribution in [3.63, 3.8) is 0 Å². The van der Waals surface area contributed by atoms with E-state index in [1.165, 1.54) is 0 Å². The van der Waals surface area contributed by atoms with Gasteiger partial charge >= 0.3 is 0 Å². The van der Waals surface area contributed by atoms with E-state index in [1.807, 2.05) is 35.3 Å². The Balaban J connectivity index is 2.49. The largest absolute Gasteiger partial charge is 0.347 e. The van der Waals surface area contributed by atoms with Gasteiger partial charge in [-0.25, -0.2) is 0 Å². The van der Waals surface area contributed by atoms with E-state index in [1.54, 1.807) is 0 Å². The summed E-state index contributed by atoms with van der Waals surface area (Å²) in [6, 6.07) is 0. The monoisotopic (exact) mass is 158 g/mol. The molecule has 0 radical (unpaired) electrons. The molecule has 1 heterocycles. The molecule has 0 saturated heterocycles. The summed E-state index contributed by atoms with van der Waals surface area (Å²) < 4.78 is 0. The highest BCUT2D eigenvalue weighted by Crippen LogP contribution is 2.16. The highest BCUT2D eigenvalue weighted by Gasteiger charge is 2.18. The molecule has 0 spiro atoms. The van der Waals surface area contributed by atoms with E-state index in [2.05, 4.69) is 6.58 Å². The second-order valence-corrected chi connectivity index (χ2v) is 2.65. The fraction of sp³-hybridized carbons (Fsp3) is 0.429.